The first kappa shape index (κ1) is 16.7. The summed E-state index contributed by atoms with van der Waals surface area (Å²) in [6.45, 7) is 0.215. The highest BCUT2D eigenvalue weighted by Gasteiger charge is 2.16. The Morgan fingerprint density at radius 1 is 1.29 bits per heavy atom. The molecule has 114 valence electrons. The van der Waals surface area contributed by atoms with E-state index in [-0.39, 0.29) is 16.7 Å². The van der Waals surface area contributed by atoms with E-state index in [2.05, 4.69) is 10.0 Å². The van der Waals surface area contributed by atoms with Crippen LogP contribution in [-0.4, -0.2) is 21.4 Å². The average Bonchev–Trinajstić information content (AvgIpc) is 3.03. The third-order valence-electron chi connectivity index (χ3n) is 2.50. The van der Waals surface area contributed by atoms with Crippen molar-refractivity contribution in [1.29, 1.82) is 0 Å². The van der Waals surface area contributed by atoms with Crippen molar-refractivity contribution in [2.24, 2.45) is 0 Å². The van der Waals surface area contributed by atoms with E-state index in [0.717, 1.165) is 27.6 Å². The number of carbonyl (C=O) groups is 1. The van der Waals surface area contributed by atoms with Crippen molar-refractivity contribution in [3.63, 3.8) is 0 Å². The summed E-state index contributed by atoms with van der Waals surface area (Å²) in [6, 6.07) is 4.64. The first-order valence-electron chi connectivity index (χ1n) is 5.59. The molecule has 2 aromatic heterocycles. The lowest BCUT2D eigenvalue weighted by atomic mass is 10.3. The van der Waals surface area contributed by atoms with E-state index >= 15 is 0 Å². The first-order chi connectivity index (χ1) is 9.83. The number of hydrogen-bond donors (Lipinski definition) is 2. The number of thiophene rings is 2. The van der Waals surface area contributed by atoms with Crippen LogP contribution in [0.25, 0.3) is 0 Å². The van der Waals surface area contributed by atoms with Gasteiger partial charge in [0.2, 0.25) is 10.0 Å². The van der Waals surface area contributed by atoms with E-state index in [1.807, 2.05) is 0 Å². The highest BCUT2D eigenvalue weighted by atomic mass is 35.5. The third kappa shape index (κ3) is 3.97. The van der Waals surface area contributed by atoms with Gasteiger partial charge in [-0.2, -0.15) is 0 Å². The molecule has 0 saturated heterocycles. The minimum atomic E-state index is -3.45. The molecule has 21 heavy (non-hydrogen) atoms. The van der Waals surface area contributed by atoms with Gasteiger partial charge in [0.05, 0.1) is 16.4 Å². The van der Waals surface area contributed by atoms with Gasteiger partial charge in [-0.15, -0.1) is 22.7 Å². The molecule has 0 atom stereocenters. The molecule has 0 aliphatic carbocycles. The zero-order chi connectivity index (χ0) is 15.6. The normalized spacial score (nSPS) is 11.6. The van der Waals surface area contributed by atoms with Gasteiger partial charge in [-0.25, -0.2) is 13.1 Å². The molecule has 0 aromatic carbocycles. The van der Waals surface area contributed by atoms with E-state index in [9.17, 15) is 13.2 Å². The molecule has 0 spiro atoms. The summed E-state index contributed by atoms with van der Waals surface area (Å²) in [5, 5.41) is 2.67. The molecular weight excluding hydrogens is 375 g/mol. The summed E-state index contributed by atoms with van der Waals surface area (Å²) in [6.07, 6.45) is 0. The Hall–Kier alpha value is -0.640. The molecule has 0 aliphatic rings. The van der Waals surface area contributed by atoms with Gasteiger partial charge < -0.3 is 5.32 Å². The number of carbonyl (C=O) groups excluding carboxylic acids is 1. The van der Waals surface area contributed by atoms with Crippen molar-refractivity contribution in [1.82, 2.24) is 10.0 Å². The van der Waals surface area contributed by atoms with Crippen LogP contribution >= 0.6 is 45.9 Å². The average molecular weight is 385 g/mol. The van der Waals surface area contributed by atoms with Gasteiger partial charge in [0, 0.05) is 4.88 Å². The van der Waals surface area contributed by atoms with E-state index in [1.165, 1.54) is 19.2 Å². The molecule has 10 heteroatoms. The predicted octanol–water partition coefficient (Wildman–Crippen LogP) is 2.95. The SMILES string of the molecule is CNS(=O)(=O)c1ccc(CNC(=O)c2cc(Cl)sc2Cl)s1. The molecule has 2 rings (SSSR count). The number of amides is 1. The molecule has 5 nitrogen and oxygen atoms in total. The summed E-state index contributed by atoms with van der Waals surface area (Å²) in [4.78, 5) is 12.7. The molecular formula is C11H10Cl2N2O3S3. The minimum absolute atomic E-state index is 0.200. The number of nitrogens with one attached hydrogen (secondary N) is 2. The fourth-order valence-corrected chi connectivity index (χ4v) is 5.05. The van der Waals surface area contributed by atoms with Gasteiger partial charge in [0.15, 0.2) is 0 Å². The molecule has 2 N–H and O–H groups in total. The zero-order valence-electron chi connectivity index (χ0n) is 10.6. The molecule has 2 heterocycles. The number of halogens is 2. The molecule has 0 radical (unpaired) electrons. The second-order valence-corrected chi connectivity index (χ2v) is 9.42. The number of sulfonamides is 1. The Kier molecular flexibility index (Phi) is 5.29. The fraction of sp³-hybridized carbons (Fsp3) is 0.182. The minimum Gasteiger partial charge on any atom is -0.347 e. The highest BCUT2D eigenvalue weighted by molar-refractivity contribution is 7.91. The molecule has 0 bridgehead atoms. The van der Waals surface area contributed by atoms with Crippen LogP contribution in [0, 0.1) is 0 Å². The topological polar surface area (TPSA) is 75.3 Å². The van der Waals surface area contributed by atoms with Crippen LogP contribution in [0.5, 0.6) is 0 Å². The van der Waals surface area contributed by atoms with Crippen LogP contribution in [-0.2, 0) is 16.6 Å². The van der Waals surface area contributed by atoms with Crippen LogP contribution in [0.15, 0.2) is 22.4 Å². The molecule has 1 amide bonds. The molecule has 0 saturated carbocycles. The van der Waals surface area contributed by atoms with Gasteiger partial charge in [0.1, 0.15) is 8.55 Å². The van der Waals surface area contributed by atoms with Gasteiger partial charge >= 0.3 is 0 Å². The van der Waals surface area contributed by atoms with Crippen molar-refractivity contribution >= 4 is 61.8 Å². The first-order valence-corrected chi connectivity index (χ1v) is 9.46. The van der Waals surface area contributed by atoms with Gasteiger partial charge in [0.25, 0.3) is 5.91 Å². The lowest BCUT2D eigenvalue weighted by molar-refractivity contribution is 0.0952. The Labute approximate surface area is 139 Å². The summed E-state index contributed by atoms with van der Waals surface area (Å²) in [7, 11) is -2.11. The van der Waals surface area contributed by atoms with Crippen molar-refractivity contribution in [3.8, 4) is 0 Å². The molecule has 0 unspecified atom stereocenters. The lowest BCUT2D eigenvalue weighted by Gasteiger charge is -2.02. The summed E-state index contributed by atoms with van der Waals surface area (Å²) in [5.41, 5.74) is 0.311. The maximum absolute atomic E-state index is 11.9. The van der Waals surface area contributed by atoms with Crippen molar-refractivity contribution in [2.75, 3.05) is 7.05 Å². The largest absolute Gasteiger partial charge is 0.347 e. The Morgan fingerprint density at radius 2 is 2.00 bits per heavy atom. The third-order valence-corrected chi connectivity index (χ3v) is 6.97. The number of rotatable bonds is 5. The van der Waals surface area contributed by atoms with Crippen molar-refractivity contribution in [3.05, 3.63) is 37.3 Å². The standard InChI is InChI=1S/C11H10Cl2N2O3S3/c1-14-21(17,18)9-3-2-6(19-9)5-15-11(16)7-4-8(12)20-10(7)13/h2-4,14H,5H2,1H3,(H,15,16). The maximum Gasteiger partial charge on any atom is 0.254 e. The smallest absolute Gasteiger partial charge is 0.254 e. The zero-order valence-corrected chi connectivity index (χ0v) is 14.6. The Balaban J connectivity index is 2.04. The van der Waals surface area contributed by atoms with Gasteiger partial charge in [-0.3, -0.25) is 4.79 Å². The fourth-order valence-electron chi connectivity index (χ4n) is 1.46. The second-order valence-electron chi connectivity index (χ2n) is 3.85. The second kappa shape index (κ2) is 6.64. The van der Waals surface area contributed by atoms with E-state index in [4.69, 9.17) is 23.2 Å². The molecule has 0 fully saturated rings. The highest BCUT2D eigenvalue weighted by Crippen LogP contribution is 2.31. The lowest BCUT2D eigenvalue weighted by Crippen LogP contribution is -2.22. The monoisotopic (exact) mass is 384 g/mol. The summed E-state index contributed by atoms with van der Waals surface area (Å²) >= 11 is 13.9. The summed E-state index contributed by atoms with van der Waals surface area (Å²) < 4.78 is 26.4. The maximum atomic E-state index is 11.9. The molecule has 0 aliphatic heterocycles. The number of hydrogen-bond acceptors (Lipinski definition) is 5. The van der Waals surface area contributed by atoms with E-state index < -0.39 is 10.0 Å². The van der Waals surface area contributed by atoms with Crippen LogP contribution in [0.1, 0.15) is 15.2 Å². The van der Waals surface area contributed by atoms with Gasteiger partial charge in [-0.1, -0.05) is 23.2 Å². The van der Waals surface area contributed by atoms with Crippen LogP contribution in [0.2, 0.25) is 8.67 Å². The van der Waals surface area contributed by atoms with E-state index in [0.29, 0.717) is 14.2 Å². The van der Waals surface area contributed by atoms with Crippen molar-refractivity contribution < 1.29 is 13.2 Å². The molecule has 2 aromatic rings. The quantitative estimate of drug-likeness (QED) is 0.831. The predicted molar refractivity (Wildman–Crippen MR) is 86.1 cm³/mol. The van der Waals surface area contributed by atoms with Crippen molar-refractivity contribution in [2.45, 2.75) is 10.8 Å². The van der Waals surface area contributed by atoms with E-state index in [1.54, 1.807) is 6.07 Å². The Bertz CT molecular complexity index is 768. The van der Waals surface area contributed by atoms with Crippen LogP contribution < -0.4 is 10.0 Å². The summed E-state index contributed by atoms with van der Waals surface area (Å²) in [5.74, 6) is -0.352. The van der Waals surface area contributed by atoms with Gasteiger partial charge in [-0.05, 0) is 25.2 Å². The van der Waals surface area contributed by atoms with Crippen LogP contribution in [0.4, 0.5) is 0 Å². The Morgan fingerprint density at radius 3 is 2.57 bits per heavy atom. The van der Waals surface area contributed by atoms with Crippen LogP contribution in [0.3, 0.4) is 0 Å².